The van der Waals surface area contributed by atoms with Crippen molar-refractivity contribution in [1.82, 2.24) is 4.98 Å². The number of hydrogen-bond donors (Lipinski definition) is 0. The topological polar surface area (TPSA) is 60.2 Å². The molecule has 1 unspecified atom stereocenters. The monoisotopic (exact) mass is 413 g/mol. The van der Waals surface area contributed by atoms with E-state index >= 15 is 0 Å². The molecule has 0 aliphatic heterocycles. The molecule has 0 saturated carbocycles. The predicted octanol–water partition coefficient (Wildman–Crippen LogP) is 5.55. The molecule has 0 aliphatic rings. The highest BCUT2D eigenvalue weighted by Crippen LogP contribution is 2.38. The van der Waals surface area contributed by atoms with Crippen LogP contribution in [0.5, 0.6) is 0 Å². The first-order valence-corrected chi connectivity index (χ1v) is 11.0. The summed E-state index contributed by atoms with van der Waals surface area (Å²) in [6, 6.07) is 27.3. The van der Waals surface area contributed by atoms with Gasteiger partial charge in [0, 0.05) is 17.5 Å². The molecule has 5 heteroatoms. The van der Waals surface area contributed by atoms with Gasteiger partial charge in [-0.15, -0.1) is 12.3 Å². The molecule has 0 radical (unpaired) electrons. The van der Waals surface area contributed by atoms with Crippen LogP contribution in [0.2, 0.25) is 0 Å². The summed E-state index contributed by atoms with van der Waals surface area (Å²) in [6.07, 6.45) is 5.48. The van der Waals surface area contributed by atoms with Crippen LogP contribution in [0.1, 0.15) is 17.6 Å². The number of benzene rings is 3. The average Bonchev–Trinajstić information content (AvgIpc) is 3.24. The van der Waals surface area contributed by atoms with Crippen LogP contribution in [0.3, 0.4) is 0 Å². The number of rotatable bonds is 6. The molecule has 4 nitrogen and oxygen atoms in total. The molecule has 0 bridgehead atoms. The molecule has 0 fully saturated rings. The molecule has 0 aliphatic carbocycles. The number of terminal acetylenes is 1. The summed E-state index contributed by atoms with van der Waals surface area (Å²) in [5, 5.41) is -1.08. The van der Waals surface area contributed by atoms with Crippen molar-refractivity contribution in [2.24, 2.45) is 0 Å². The number of nitrogens with zero attached hydrogens (tertiary/aromatic N) is 1. The van der Waals surface area contributed by atoms with Crippen LogP contribution >= 0.6 is 0 Å². The van der Waals surface area contributed by atoms with E-state index in [1.807, 2.05) is 60.7 Å². The van der Waals surface area contributed by atoms with Gasteiger partial charge in [-0.3, -0.25) is 0 Å². The molecule has 30 heavy (non-hydrogen) atoms. The highest BCUT2D eigenvalue weighted by atomic mass is 32.2. The molecular weight excluding hydrogens is 394 g/mol. The number of oxazole rings is 1. The number of hydrogen-bond acceptors (Lipinski definition) is 4. The average molecular weight is 413 g/mol. The Kier molecular flexibility index (Phi) is 5.51. The Hall–Kier alpha value is -3.62. The van der Waals surface area contributed by atoms with E-state index in [-0.39, 0.29) is 17.2 Å². The van der Waals surface area contributed by atoms with E-state index in [0.29, 0.717) is 11.5 Å². The van der Waals surface area contributed by atoms with Gasteiger partial charge in [-0.1, -0.05) is 78.9 Å². The van der Waals surface area contributed by atoms with E-state index < -0.39 is 15.1 Å². The van der Waals surface area contributed by atoms with Crippen molar-refractivity contribution < 1.29 is 12.8 Å². The molecule has 0 spiro atoms. The molecule has 1 atom stereocenters. The van der Waals surface area contributed by atoms with E-state index in [4.69, 9.17) is 10.8 Å². The normalized spacial score (nSPS) is 12.2. The summed E-state index contributed by atoms with van der Waals surface area (Å²) in [4.78, 5) is 4.81. The second kappa shape index (κ2) is 8.40. The van der Waals surface area contributed by atoms with Crippen LogP contribution in [0, 0.1) is 12.3 Å². The van der Waals surface area contributed by atoms with Gasteiger partial charge in [-0.25, -0.2) is 13.4 Å². The lowest BCUT2D eigenvalue weighted by Crippen LogP contribution is -2.14. The lowest BCUT2D eigenvalue weighted by Gasteiger charge is -2.12. The molecule has 0 saturated heterocycles. The first-order chi connectivity index (χ1) is 14.6. The maximum absolute atomic E-state index is 13.3. The highest BCUT2D eigenvalue weighted by Gasteiger charge is 2.34. The fourth-order valence-electron chi connectivity index (χ4n) is 3.26. The van der Waals surface area contributed by atoms with Crippen LogP contribution in [-0.4, -0.2) is 13.4 Å². The smallest absolute Gasteiger partial charge is 0.215 e. The minimum Gasteiger partial charge on any atom is -0.439 e. The minimum atomic E-state index is -3.78. The quantitative estimate of drug-likeness (QED) is 0.389. The second-order valence-corrected chi connectivity index (χ2v) is 8.85. The van der Waals surface area contributed by atoms with Gasteiger partial charge in [-0.2, -0.15) is 0 Å². The van der Waals surface area contributed by atoms with Gasteiger partial charge < -0.3 is 4.42 Å². The van der Waals surface area contributed by atoms with Crippen molar-refractivity contribution in [3.8, 4) is 34.9 Å². The van der Waals surface area contributed by atoms with Crippen LogP contribution in [-0.2, 0) is 9.84 Å². The van der Waals surface area contributed by atoms with E-state index in [1.54, 1.807) is 30.3 Å². The van der Waals surface area contributed by atoms with Crippen molar-refractivity contribution in [3.63, 3.8) is 0 Å². The predicted molar refractivity (Wildman–Crippen MR) is 117 cm³/mol. The van der Waals surface area contributed by atoms with Gasteiger partial charge in [0.2, 0.25) is 5.89 Å². The molecule has 148 valence electrons. The maximum Gasteiger partial charge on any atom is 0.215 e. The third-order valence-corrected chi connectivity index (χ3v) is 6.80. The first kappa shape index (κ1) is 19.7. The zero-order valence-electron chi connectivity index (χ0n) is 16.1. The second-order valence-electron chi connectivity index (χ2n) is 6.72. The van der Waals surface area contributed by atoms with Crippen LogP contribution in [0.25, 0.3) is 22.6 Å². The van der Waals surface area contributed by atoms with E-state index in [2.05, 4.69) is 10.9 Å². The molecule has 4 aromatic rings. The Labute approximate surface area is 176 Å². The van der Waals surface area contributed by atoms with Crippen molar-refractivity contribution >= 4 is 9.84 Å². The van der Waals surface area contributed by atoms with Gasteiger partial charge in [0.15, 0.2) is 20.8 Å². The van der Waals surface area contributed by atoms with Crippen LogP contribution in [0.4, 0.5) is 0 Å². The zero-order valence-corrected chi connectivity index (χ0v) is 16.9. The van der Waals surface area contributed by atoms with Crippen molar-refractivity contribution in [1.29, 1.82) is 0 Å². The molecule has 4 rings (SSSR count). The Morgan fingerprint density at radius 3 is 1.93 bits per heavy atom. The standard InChI is InChI=1S/C25H19NO3S/c1-2-12-22(30(27,28)21-17-10-5-11-18-21)25-26-23(19-13-6-3-7-14-19)24(29-25)20-15-8-4-9-16-20/h1,3-11,13-18,22H,12H2. The van der Waals surface area contributed by atoms with Gasteiger partial charge in [0.1, 0.15) is 5.69 Å². The minimum absolute atomic E-state index is 0.0415. The fraction of sp³-hybridized carbons (Fsp3) is 0.0800. The van der Waals surface area contributed by atoms with Crippen molar-refractivity contribution in [3.05, 3.63) is 96.9 Å². The van der Waals surface area contributed by atoms with E-state index in [9.17, 15) is 8.42 Å². The van der Waals surface area contributed by atoms with E-state index in [1.165, 1.54) is 0 Å². The lowest BCUT2D eigenvalue weighted by atomic mass is 10.1. The van der Waals surface area contributed by atoms with Gasteiger partial charge in [0.25, 0.3) is 0 Å². The first-order valence-electron chi connectivity index (χ1n) is 9.45. The maximum atomic E-state index is 13.3. The number of sulfone groups is 1. The summed E-state index contributed by atoms with van der Waals surface area (Å²) >= 11 is 0. The Balaban J connectivity index is 1.89. The third-order valence-electron chi connectivity index (χ3n) is 4.75. The van der Waals surface area contributed by atoms with Crippen molar-refractivity contribution in [2.45, 2.75) is 16.6 Å². The molecule has 3 aromatic carbocycles. The summed E-state index contributed by atoms with van der Waals surface area (Å²) in [5.41, 5.74) is 2.23. The van der Waals surface area contributed by atoms with Crippen molar-refractivity contribution in [2.75, 3.05) is 0 Å². The van der Waals surface area contributed by atoms with Gasteiger partial charge >= 0.3 is 0 Å². The zero-order chi connectivity index (χ0) is 21.0. The molecular formula is C25H19NO3S. The summed E-state index contributed by atoms with van der Waals surface area (Å²) in [7, 11) is -3.78. The molecule has 1 heterocycles. The third kappa shape index (κ3) is 3.78. The van der Waals surface area contributed by atoms with Crippen LogP contribution < -0.4 is 0 Å². The van der Waals surface area contributed by atoms with Crippen LogP contribution in [0.15, 0.2) is 100 Å². The Bertz CT molecular complexity index is 1220. The Morgan fingerprint density at radius 1 is 0.833 bits per heavy atom. The number of aromatic nitrogens is 1. The summed E-state index contributed by atoms with van der Waals surface area (Å²) < 4.78 is 32.7. The van der Waals surface area contributed by atoms with E-state index in [0.717, 1.165) is 11.1 Å². The molecule has 1 aromatic heterocycles. The summed E-state index contributed by atoms with van der Waals surface area (Å²) in [5.74, 6) is 3.08. The molecule has 0 N–H and O–H groups in total. The molecule has 0 amide bonds. The summed E-state index contributed by atoms with van der Waals surface area (Å²) in [6.45, 7) is 0. The lowest BCUT2D eigenvalue weighted by molar-refractivity contribution is 0.488. The van der Waals surface area contributed by atoms with Gasteiger partial charge in [0.05, 0.1) is 4.90 Å². The Morgan fingerprint density at radius 2 is 1.37 bits per heavy atom. The fourth-order valence-corrected chi connectivity index (χ4v) is 4.81. The highest BCUT2D eigenvalue weighted by molar-refractivity contribution is 7.91. The SMILES string of the molecule is C#CCC(c1nc(-c2ccccc2)c(-c2ccccc2)o1)S(=O)(=O)c1ccccc1. The van der Waals surface area contributed by atoms with Gasteiger partial charge in [-0.05, 0) is 12.1 Å². The largest absolute Gasteiger partial charge is 0.439 e.